The third kappa shape index (κ3) is 9.89. The van der Waals surface area contributed by atoms with Crippen molar-refractivity contribution in [1.82, 2.24) is 0 Å². The molecule has 0 radical (unpaired) electrons. The number of ether oxygens (including phenoxy) is 1. The molecule has 17 heavy (non-hydrogen) atoms. The Labute approximate surface area is 112 Å². The smallest absolute Gasteiger partial charge is 0.330 e. The fourth-order valence-electron chi connectivity index (χ4n) is 1.10. The van der Waals surface area contributed by atoms with Crippen molar-refractivity contribution in [2.24, 2.45) is 0 Å². The van der Waals surface area contributed by atoms with Gasteiger partial charge in [0.25, 0.3) is 0 Å². The maximum Gasteiger partial charge on any atom is 0.330 e. The van der Waals surface area contributed by atoms with Gasteiger partial charge in [0.2, 0.25) is 0 Å². The molecule has 0 unspecified atom stereocenters. The van der Waals surface area contributed by atoms with Crippen LogP contribution in [0.25, 0.3) is 0 Å². The summed E-state index contributed by atoms with van der Waals surface area (Å²) in [4.78, 5) is 11.2. The first-order valence-corrected chi connectivity index (χ1v) is 6.42. The number of hydrogen-bond acceptors (Lipinski definition) is 2. The van der Waals surface area contributed by atoms with Crippen molar-refractivity contribution in [2.45, 2.75) is 40.5 Å². The molecule has 0 rings (SSSR count). The summed E-state index contributed by atoms with van der Waals surface area (Å²) in [5, 5.41) is 0. The number of esters is 1. The van der Waals surface area contributed by atoms with Crippen molar-refractivity contribution in [3.63, 3.8) is 0 Å². The Kier molecular flexibility index (Phi) is 8.53. The van der Waals surface area contributed by atoms with Gasteiger partial charge in [0.1, 0.15) is 0 Å². The quantitative estimate of drug-likeness (QED) is 0.430. The van der Waals surface area contributed by atoms with Gasteiger partial charge >= 0.3 is 5.97 Å². The van der Waals surface area contributed by atoms with E-state index in [1.165, 1.54) is 0 Å². The van der Waals surface area contributed by atoms with Crippen LogP contribution in [-0.4, -0.2) is 12.6 Å². The average molecular weight is 299 g/mol. The minimum absolute atomic E-state index is 0.265. The molecule has 0 bridgehead atoms. The van der Waals surface area contributed by atoms with Crippen LogP contribution in [-0.2, 0) is 9.53 Å². The van der Waals surface area contributed by atoms with Crippen molar-refractivity contribution < 1.29 is 9.53 Å². The fraction of sp³-hybridized carbons (Fsp3) is 0.500. The predicted molar refractivity (Wildman–Crippen MR) is 74.0 cm³/mol. The zero-order valence-corrected chi connectivity index (χ0v) is 12.5. The van der Waals surface area contributed by atoms with Gasteiger partial charge in [-0.05, 0) is 62.0 Å². The van der Waals surface area contributed by atoms with Crippen molar-refractivity contribution in [3.8, 4) is 0 Å². The molecule has 0 N–H and O–H groups in total. The highest BCUT2D eigenvalue weighted by molar-refractivity contribution is 9.11. The van der Waals surface area contributed by atoms with E-state index in [1.54, 1.807) is 13.0 Å². The second-order valence-electron chi connectivity index (χ2n) is 3.81. The van der Waals surface area contributed by atoms with Gasteiger partial charge < -0.3 is 4.74 Å². The zero-order valence-electron chi connectivity index (χ0n) is 10.9. The van der Waals surface area contributed by atoms with E-state index in [1.807, 2.05) is 20.8 Å². The lowest BCUT2D eigenvalue weighted by Crippen LogP contribution is -2.00. The monoisotopic (exact) mass is 298 g/mol. The molecule has 0 amide bonds. The Morgan fingerprint density at radius 3 is 2.41 bits per heavy atom. The normalized spacial score (nSPS) is 10.3. The van der Waals surface area contributed by atoms with Gasteiger partial charge in [-0.3, -0.25) is 0 Å². The van der Waals surface area contributed by atoms with E-state index >= 15 is 0 Å². The number of allylic oxidation sites excluding steroid dienone is 3. The lowest BCUT2D eigenvalue weighted by molar-refractivity contribution is -0.137. The van der Waals surface area contributed by atoms with Crippen LogP contribution < -0.4 is 0 Å². The Morgan fingerprint density at radius 2 is 1.88 bits per heavy atom. The molecule has 94 valence electrons. The van der Waals surface area contributed by atoms with Gasteiger partial charge in [0.15, 0.2) is 0 Å². The van der Waals surface area contributed by atoms with Crippen LogP contribution in [0.3, 0.4) is 0 Å². The summed E-state index contributed by atoms with van der Waals surface area (Å²) in [6.07, 6.45) is 3.25. The molecule has 3 heteroatoms. The Bertz CT molecular complexity index is 388. The van der Waals surface area contributed by atoms with Crippen molar-refractivity contribution >= 4 is 21.9 Å². The lowest BCUT2D eigenvalue weighted by atomic mass is 10.1. The second-order valence-corrected chi connectivity index (χ2v) is 5.00. The van der Waals surface area contributed by atoms with Crippen LogP contribution in [0.2, 0.25) is 0 Å². The highest BCUT2D eigenvalue weighted by Crippen LogP contribution is 2.10. The lowest BCUT2D eigenvalue weighted by Gasteiger charge is -2.00. The van der Waals surface area contributed by atoms with Crippen LogP contribution in [0.5, 0.6) is 0 Å². The molecule has 0 aromatic rings. The van der Waals surface area contributed by atoms with Gasteiger partial charge in [-0.25, -0.2) is 4.79 Å². The summed E-state index contributed by atoms with van der Waals surface area (Å²) >= 11 is 3.29. The summed E-state index contributed by atoms with van der Waals surface area (Å²) in [5.74, 6) is -0.265. The van der Waals surface area contributed by atoms with Crippen molar-refractivity contribution in [2.75, 3.05) is 6.61 Å². The molecular formula is C14H19BrO2. The summed E-state index contributed by atoms with van der Waals surface area (Å²) < 4.78 is 5.77. The first-order chi connectivity index (χ1) is 7.95. The molecule has 0 aromatic heterocycles. The molecule has 0 aliphatic carbocycles. The Balaban J connectivity index is 4.35. The fourth-order valence-corrected chi connectivity index (χ4v) is 1.20. The van der Waals surface area contributed by atoms with Crippen LogP contribution in [0.4, 0.5) is 0 Å². The van der Waals surface area contributed by atoms with Gasteiger partial charge in [-0.1, -0.05) is 17.0 Å². The minimum atomic E-state index is -0.265. The molecule has 0 aliphatic heterocycles. The van der Waals surface area contributed by atoms with E-state index in [9.17, 15) is 4.79 Å². The number of hydrogen-bond donors (Lipinski definition) is 0. The first kappa shape index (κ1) is 16.0. The third-order valence-corrected chi connectivity index (χ3v) is 2.19. The standard InChI is InChI=1S/C14H19BrO2/c1-5-17-14(16)10-12(3)7-6-11(2)8-9-13(4)15/h10H,5-7H2,1-4H3/b12-10+,13-11?. The summed E-state index contributed by atoms with van der Waals surface area (Å²) in [5.41, 5.74) is 8.15. The second kappa shape index (κ2) is 9.07. The van der Waals surface area contributed by atoms with Crippen LogP contribution in [0.15, 0.2) is 33.2 Å². The van der Waals surface area contributed by atoms with E-state index < -0.39 is 0 Å². The van der Waals surface area contributed by atoms with E-state index in [0.717, 1.165) is 28.5 Å². The van der Waals surface area contributed by atoms with E-state index in [-0.39, 0.29) is 5.97 Å². The molecule has 0 atom stereocenters. The predicted octanol–water partition coefficient (Wildman–Crippen LogP) is 4.28. The zero-order chi connectivity index (χ0) is 13.3. The Morgan fingerprint density at radius 1 is 1.24 bits per heavy atom. The largest absolute Gasteiger partial charge is 0.463 e. The van der Waals surface area contributed by atoms with Gasteiger partial charge in [-0.2, -0.15) is 0 Å². The minimum Gasteiger partial charge on any atom is -0.463 e. The average Bonchev–Trinajstić information content (AvgIpc) is 2.23. The molecule has 0 heterocycles. The number of halogens is 1. The molecule has 0 aliphatic rings. The van der Waals surface area contributed by atoms with Crippen LogP contribution >= 0.6 is 15.9 Å². The van der Waals surface area contributed by atoms with Gasteiger partial charge in [0.05, 0.1) is 6.61 Å². The van der Waals surface area contributed by atoms with Crippen molar-refractivity contribution in [1.29, 1.82) is 0 Å². The Hall–Kier alpha value is -1.01. The molecule has 0 fully saturated rings. The third-order valence-electron chi connectivity index (χ3n) is 1.99. The molecule has 0 saturated heterocycles. The highest BCUT2D eigenvalue weighted by atomic mass is 79.9. The SMILES string of the molecule is CCOC(=O)/C=C(\C)CCC(C)=C=C=C(C)Br. The van der Waals surface area contributed by atoms with Gasteiger partial charge in [-0.15, -0.1) is 0 Å². The molecule has 0 saturated carbocycles. The van der Waals surface area contributed by atoms with Crippen molar-refractivity contribution in [3.05, 3.63) is 33.2 Å². The number of carbonyl (C=O) groups is 1. The molecule has 0 aromatic carbocycles. The topological polar surface area (TPSA) is 26.3 Å². The van der Waals surface area contributed by atoms with E-state index in [4.69, 9.17) is 4.74 Å². The van der Waals surface area contributed by atoms with E-state index in [0.29, 0.717) is 6.61 Å². The summed E-state index contributed by atoms with van der Waals surface area (Å²) in [7, 11) is 0. The number of rotatable bonds is 5. The van der Waals surface area contributed by atoms with Crippen LogP contribution in [0.1, 0.15) is 40.5 Å². The summed E-state index contributed by atoms with van der Waals surface area (Å²) in [6.45, 7) is 8.06. The molecular weight excluding hydrogens is 280 g/mol. The summed E-state index contributed by atoms with van der Waals surface area (Å²) in [6, 6.07) is 0. The number of carbonyl (C=O) groups excluding carboxylic acids is 1. The first-order valence-electron chi connectivity index (χ1n) is 5.63. The maximum atomic E-state index is 11.2. The van der Waals surface area contributed by atoms with Gasteiger partial charge in [0, 0.05) is 10.6 Å². The maximum absolute atomic E-state index is 11.2. The highest BCUT2D eigenvalue weighted by Gasteiger charge is 1.98. The van der Waals surface area contributed by atoms with Crippen LogP contribution in [0, 0.1) is 0 Å². The molecule has 0 spiro atoms. The van der Waals surface area contributed by atoms with E-state index in [2.05, 4.69) is 27.4 Å². The molecule has 2 nitrogen and oxygen atoms in total.